The SMILES string of the molecule is COc1cnc(C)cc1NCCC1CCCC(C)C1. The number of hydrogen-bond acceptors (Lipinski definition) is 3. The summed E-state index contributed by atoms with van der Waals surface area (Å²) in [7, 11) is 1.69. The second-order valence-corrected chi connectivity index (χ2v) is 5.88. The van der Waals surface area contributed by atoms with E-state index in [1.165, 1.54) is 32.1 Å². The van der Waals surface area contributed by atoms with E-state index >= 15 is 0 Å². The second-order valence-electron chi connectivity index (χ2n) is 5.88. The average Bonchev–Trinajstić information content (AvgIpc) is 2.39. The molecule has 0 aliphatic heterocycles. The molecule has 1 saturated carbocycles. The normalized spacial score (nSPS) is 23.1. The average molecular weight is 262 g/mol. The van der Waals surface area contributed by atoms with E-state index in [1.54, 1.807) is 13.3 Å². The summed E-state index contributed by atoms with van der Waals surface area (Å²) in [5, 5.41) is 3.50. The molecule has 0 amide bonds. The van der Waals surface area contributed by atoms with Crippen LogP contribution in [0.5, 0.6) is 5.75 Å². The lowest BCUT2D eigenvalue weighted by Gasteiger charge is -2.26. The molecule has 2 rings (SSSR count). The van der Waals surface area contributed by atoms with E-state index in [2.05, 4.69) is 23.3 Å². The van der Waals surface area contributed by atoms with Crippen molar-refractivity contribution < 1.29 is 4.74 Å². The van der Waals surface area contributed by atoms with Crippen molar-refractivity contribution in [2.24, 2.45) is 11.8 Å². The first-order valence-corrected chi connectivity index (χ1v) is 7.43. The molecule has 2 atom stereocenters. The lowest BCUT2D eigenvalue weighted by Crippen LogP contribution is -2.16. The highest BCUT2D eigenvalue weighted by Gasteiger charge is 2.18. The maximum atomic E-state index is 5.33. The summed E-state index contributed by atoms with van der Waals surface area (Å²) in [5.41, 5.74) is 2.09. The third kappa shape index (κ3) is 4.12. The Kier molecular flexibility index (Phi) is 5.06. The molecule has 0 radical (unpaired) electrons. The summed E-state index contributed by atoms with van der Waals surface area (Å²) in [5.74, 6) is 2.64. The molecule has 3 heteroatoms. The number of hydrogen-bond donors (Lipinski definition) is 1. The molecule has 1 fully saturated rings. The summed E-state index contributed by atoms with van der Waals surface area (Å²) >= 11 is 0. The Balaban J connectivity index is 1.83. The minimum Gasteiger partial charge on any atom is -0.493 e. The van der Waals surface area contributed by atoms with Crippen molar-refractivity contribution in [3.05, 3.63) is 18.0 Å². The van der Waals surface area contributed by atoms with Gasteiger partial charge in [0.15, 0.2) is 5.75 Å². The van der Waals surface area contributed by atoms with Gasteiger partial charge in [0.2, 0.25) is 0 Å². The van der Waals surface area contributed by atoms with Gasteiger partial charge in [0.25, 0.3) is 0 Å². The van der Waals surface area contributed by atoms with Crippen LogP contribution in [0, 0.1) is 18.8 Å². The van der Waals surface area contributed by atoms with E-state index in [4.69, 9.17) is 4.74 Å². The maximum absolute atomic E-state index is 5.33. The molecule has 19 heavy (non-hydrogen) atoms. The third-order valence-electron chi connectivity index (χ3n) is 4.14. The van der Waals surface area contributed by atoms with Gasteiger partial charge in [-0.2, -0.15) is 0 Å². The number of nitrogens with zero attached hydrogens (tertiary/aromatic N) is 1. The maximum Gasteiger partial charge on any atom is 0.160 e. The molecule has 1 heterocycles. The number of ether oxygens (including phenoxy) is 1. The van der Waals surface area contributed by atoms with Crippen molar-refractivity contribution in [1.29, 1.82) is 0 Å². The van der Waals surface area contributed by atoms with Crippen molar-refractivity contribution in [2.75, 3.05) is 19.0 Å². The molecule has 106 valence electrons. The summed E-state index contributed by atoms with van der Waals surface area (Å²) < 4.78 is 5.33. The van der Waals surface area contributed by atoms with Crippen molar-refractivity contribution >= 4 is 5.69 Å². The number of anilines is 1. The van der Waals surface area contributed by atoms with Crippen LogP contribution in [0.2, 0.25) is 0 Å². The van der Waals surface area contributed by atoms with Crippen LogP contribution in [0.4, 0.5) is 5.69 Å². The summed E-state index contributed by atoms with van der Waals surface area (Å²) in [6.45, 7) is 5.42. The largest absolute Gasteiger partial charge is 0.493 e. The zero-order chi connectivity index (χ0) is 13.7. The van der Waals surface area contributed by atoms with Crippen LogP contribution >= 0.6 is 0 Å². The van der Waals surface area contributed by atoms with Crippen LogP contribution in [0.15, 0.2) is 12.3 Å². The Bertz CT molecular complexity index is 406. The van der Waals surface area contributed by atoms with Gasteiger partial charge in [0.1, 0.15) is 0 Å². The molecule has 0 saturated heterocycles. The minimum atomic E-state index is 0.836. The standard InChI is InChI=1S/C16H26N2O/c1-12-5-4-6-14(9-12)7-8-17-15-10-13(2)18-11-16(15)19-3/h10-12,14H,4-9H2,1-3H3,(H,17,18). The van der Waals surface area contributed by atoms with Gasteiger partial charge in [-0.1, -0.05) is 26.2 Å². The summed E-state index contributed by atoms with van der Waals surface area (Å²) in [6.07, 6.45) is 8.67. The number of pyridine rings is 1. The van der Waals surface area contributed by atoms with Crippen LogP contribution in [0.25, 0.3) is 0 Å². The van der Waals surface area contributed by atoms with E-state index in [0.29, 0.717) is 0 Å². The first-order valence-electron chi connectivity index (χ1n) is 7.43. The molecular weight excluding hydrogens is 236 g/mol. The van der Waals surface area contributed by atoms with E-state index in [0.717, 1.165) is 35.5 Å². The smallest absolute Gasteiger partial charge is 0.160 e. The zero-order valence-corrected chi connectivity index (χ0v) is 12.4. The van der Waals surface area contributed by atoms with Crippen molar-refractivity contribution in [1.82, 2.24) is 4.98 Å². The molecule has 1 aliphatic rings. The fourth-order valence-corrected chi connectivity index (χ4v) is 3.08. The van der Waals surface area contributed by atoms with E-state index in [9.17, 15) is 0 Å². The van der Waals surface area contributed by atoms with Gasteiger partial charge in [0, 0.05) is 12.2 Å². The fraction of sp³-hybridized carbons (Fsp3) is 0.688. The number of aryl methyl sites for hydroxylation is 1. The molecule has 3 nitrogen and oxygen atoms in total. The van der Waals surface area contributed by atoms with Crippen LogP contribution < -0.4 is 10.1 Å². The molecule has 0 aromatic carbocycles. The van der Waals surface area contributed by atoms with Gasteiger partial charge in [-0.25, -0.2) is 0 Å². The van der Waals surface area contributed by atoms with Crippen LogP contribution in [0.3, 0.4) is 0 Å². The Morgan fingerprint density at radius 2 is 2.26 bits per heavy atom. The Morgan fingerprint density at radius 1 is 1.42 bits per heavy atom. The second kappa shape index (κ2) is 6.78. The molecule has 1 N–H and O–H groups in total. The lowest BCUT2D eigenvalue weighted by atomic mass is 9.81. The summed E-state index contributed by atoms with van der Waals surface area (Å²) in [6, 6.07) is 2.06. The molecule has 0 spiro atoms. The van der Waals surface area contributed by atoms with Crippen LogP contribution in [-0.4, -0.2) is 18.6 Å². The quantitative estimate of drug-likeness (QED) is 0.870. The Morgan fingerprint density at radius 3 is 3.00 bits per heavy atom. The van der Waals surface area contributed by atoms with Gasteiger partial charge in [-0.15, -0.1) is 0 Å². The number of aromatic nitrogens is 1. The van der Waals surface area contributed by atoms with E-state index < -0.39 is 0 Å². The van der Waals surface area contributed by atoms with Crippen molar-refractivity contribution in [3.63, 3.8) is 0 Å². The van der Waals surface area contributed by atoms with Gasteiger partial charge < -0.3 is 10.1 Å². The molecular formula is C16H26N2O. The highest BCUT2D eigenvalue weighted by molar-refractivity contribution is 5.55. The Labute approximate surface area is 116 Å². The molecule has 2 unspecified atom stereocenters. The first kappa shape index (κ1) is 14.2. The van der Waals surface area contributed by atoms with Gasteiger partial charge in [0.05, 0.1) is 19.0 Å². The summed E-state index contributed by atoms with van der Waals surface area (Å²) in [4.78, 5) is 4.25. The van der Waals surface area contributed by atoms with Gasteiger partial charge in [-0.05, 0) is 37.7 Å². The molecule has 0 bridgehead atoms. The highest BCUT2D eigenvalue weighted by Crippen LogP contribution is 2.31. The van der Waals surface area contributed by atoms with E-state index in [1.807, 2.05) is 6.92 Å². The molecule has 1 aliphatic carbocycles. The number of methoxy groups -OCH3 is 1. The van der Waals surface area contributed by atoms with Crippen molar-refractivity contribution in [2.45, 2.75) is 46.0 Å². The number of nitrogens with one attached hydrogen (secondary N) is 1. The van der Waals surface area contributed by atoms with Crippen molar-refractivity contribution in [3.8, 4) is 5.75 Å². The predicted molar refractivity (Wildman–Crippen MR) is 79.8 cm³/mol. The zero-order valence-electron chi connectivity index (χ0n) is 12.4. The molecule has 1 aromatic rings. The fourth-order valence-electron chi connectivity index (χ4n) is 3.08. The van der Waals surface area contributed by atoms with Crippen LogP contribution in [-0.2, 0) is 0 Å². The minimum absolute atomic E-state index is 0.836. The third-order valence-corrected chi connectivity index (χ3v) is 4.14. The van der Waals surface area contributed by atoms with Gasteiger partial charge in [-0.3, -0.25) is 4.98 Å². The topological polar surface area (TPSA) is 34.1 Å². The van der Waals surface area contributed by atoms with E-state index in [-0.39, 0.29) is 0 Å². The first-order chi connectivity index (χ1) is 9.19. The Hall–Kier alpha value is -1.25. The monoisotopic (exact) mass is 262 g/mol. The highest BCUT2D eigenvalue weighted by atomic mass is 16.5. The molecule has 1 aromatic heterocycles. The number of rotatable bonds is 5. The van der Waals surface area contributed by atoms with Crippen LogP contribution in [0.1, 0.15) is 44.7 Å². The lowest BCUT2D eigenvalue weighted by molar-refractivity contribution is 0.274. The van der Waals surface area contributed by atoms with Gasteiger partial charge >= 0.3 is 0 Å². The predicted octanol–water partition coefficient (Wildman–Crippen LogP) is 4.03.